The van der Waals surface area contributed by atoms with Crippen molar-refractivity contribution in [3.63, 3.8) is 0 Å². The third-order valence-corrected chi connectivity index (χ3v) is 3.55. The van der Waals surface area contributed by atoms with E-state index in [9.17, 15) is 5.11 Å². The second-order valence-electron chi connectivity index (χ2n) is 4.81. The minimum atomic E-state index is 0.151. The molecule has 0 atom stereocenters. The Kier molecular flexibility index (Phi) is 5.28. The van der Waals surface area contributed by atoms with Gasteiger partial charge in [0.2, 0.25) is 0 Å². The van der Waals surface area contributed by atoms with Gasteiger partial charge in [-0.1, -0.05) is 40.7 Å². The van der Waals surface area contributed by atoms with Crippen molar-refractivity contribution in [2.45, 2.75) is 13.8 Å². The number of aromatic nitrogens is 1. The lowest BCUT2D eigenvalue weighted by Gasteiger charge is -2.08. The molecule has 0 radical (unpaired) electrons. The van der Waals surface area contributed by atoms with E-state index in [4.69, 9.17) is 0 Å². The Morgan fingerprint density at radius 3 is 2.50 bits per heavy atom. The van der Waals surface area contributed by atoms with Crippen LogP contribution in [0.15, 0.2) is 64.2 Å². The normalized spacial score (nSPS) is 11.9. The number of nitrogens with zero attached hydrogens (tertiary/aromatic N) is 2. The van der Waals surface area contributed by atoms with Crippen LogP contribution in [0.1, 0.15) is 19.5 Å². The lowest BCUT2D eigenvalue weighted by Crippen LogP contribution is -1.94. The number of benzene rings is 1. The molecule has 0 unspecified atom stereocenters. The quantitative estimate of drug-likeness (QED) is 0.762. The minimum absolute atomic E-state index is 0.151. The zero-order chi connectivity index (χ0) is 16.1. The van der Waals surface area contributed by atoms with Gasteiger partial charge in [-0.05, 0) is 38.1 Å². The topological polar surface area (TPSA) is 45.5 Å². The van der Waals surface area contributed by atoms with Crippen molar-refractivity contribution in [3.8, 4) is 17.0 Å². The number of hydrogen-bond donors (Lipinski definition) is 1. The highest BCUT2D eigenvalue weighted by molar-refractivity contribution is 9.10. The Hall–Kier alpha value is -2.20. The van der Waals surface area contributed by atoms with Gasteiger partial charge in [0.05, 0.1) is 5.69 Å². The monoisotopic (exact) mass is 356 g/mol. The highest BCUT2D eigenvalue weighted by Crippen LogP contribution is 2.29. The lowest BCUT2D eigenvalue weighted by molar-refractivity contribution is 0.475. The van der Waals surface area contributed by atoms with Crippen molar-refractivity contribution in [2.75, 3.05) is 0 Å². The molecule has 22 heavy (non-hydrogen) atoms. The van der Waals surface area contributed by atoms with Gasteiger partial charge >= 0.3 is 0 Å². The molecule has 2 aromatic rings. The van der Waals surface area contributed by atoms with Crippen LogP contribution in [0.25, 0.3) is 16.8 Å². The minimum Gasteiger partial charge on any atom is -0.506 e. The largest absolute Gasteiger partial charge is 0.506 e. The summed E-state index contributed by atoms with van der Waals surface area (Å²) in [5.41, 5.74) is 3.76. The van der Waals surface area contributed by atoms with Crippen LogP contribution in [0.5, 0.6) is 5.75 Å². The van der Waals surface area contributed by atoms with E-state index in [0.29, 0.717) is 5.69 Å². The number of hydrogen-bond acceptors (Lipinski definition) is 3. The molecule has 0 amide bonds. The van der Waals surface area contributed by atoms with E-state index in [2.05, 4.69) is 32.5 Å². The summed E-state index contributed by atoms with van der Waals surface area (Å²) in [7, 11) is 0. The van der Waals surface area contributed by atoms with E-state index in [0.717, 1.165) is 27.0 Å². The first-order valence-corrected chi connectivity index (χ1v) is 7.62. The summed E-state index contributed by atoms with van der Waals surface area (Å²) in [5.74, 6) is 0.151. The second-order valence-corrected chi connectivity index (χ2v) is 5.72. The van der Waals surface area contributed by atoms with Gasteiger partial charge in [-0.25, -0.2) is 4.98 Å². The first-order chi connectivity index (χ1) is 10.5. The highest BCUT2D eigenvalue weighted by Gasteiger charge is 2.09. The molecule has 2 rings (SSSR count). The fourth-order valence-corrected chi connectivity index (χ4v) is 2.17. The summed E-state index contributed by atoms with van der Waals surface area (Å²) in [6.07, 6.45) is 3.66. The Bertz CT molecular complexity index is 746. The number of allylic oxidation sites excluding steroid dienone is 3. The summed E-state index contributed by atoms with van der Waals surface area (Å²) in [5, 5.41) is 10.1. The summed E-state index contributed by atoms with van der Waals surface area (Å²) >= 11 is 3.40. The Balaban J connectivity index is 2.46. The fourth-order valence-electron chi connectivity index (χ4n) is 1.90. The maximum atomic E-state index is 10.1. The van der Waals surface area contributed by atoms with Gasteiger partial charge < -0.3 is 5.11 Å². The zero-order valence-electron chi connectivity index (χ0n) is 12.5. The molecule has 0 saturated carbocycles. The molecule has 1 N–H and O–H groups in total. The van der Waals surface area contributed by atoms with Crippen LogP contribution in [-0.4, -0.2) is 16.3 Å². The number of halogens is 1. The third kappa shape index (κ3) is 3.92. The van der Waals surface area contributed by atoms with E-state index >= 15 is 0 Å². The van der Waals surface area contributed by atoms with Crippen LogP contribution in [0, 0.1) is 0 Å². The molecule has 1 aromatic heterocycles. The van der Waals surface area contributed by atoms with Gasteiger partial charge in [-0.2, -0.15) is 0 Å². The fraction of sp³-hybridized carbons (Fsp3) is 0.111. The molecule has 112 valence electrons. The molecule has 0 spiro atoms. The number of rotatable bonds is 4. The smallest absolute Gasteiger partial charge is 0.141 e. The van der Waals surface area contributed by atoms with Gasteiger partial charge in [0, 0.05) is 27.5 Å². The highest BCUT2D eigenvalue weighted by atomic mass is 79.9. The van der Waals surface area contributed by atoms with E-state index in [1.807, 2.05) is 44.2 Å². The summed E-state index contributed by atoms with van der Waals surface area (Å²) in [4.78, 5) is 8.78. The van der Waals surface area contributed by atoms with Crippen LogP contribution in [0.2, 0.25) is 0 Å². The van der Waals surface area contributed by atoms with Crippen molar-refractivity contribution in [2.24, 2.45) is 4.99 Å². The molecule has 4 heteroatoms. The molecule has 0 saturated heterocycles. The zero-order valence-corrected chi connectivity index (χ0v) is 14.1. The predicted octanol–water partition coefficient (Wildman–Crippen LogP) is 5.22. The van der Waals surface area contributed by atoms with Crippen LogP contribution in [0.3, 0.4) is 0 Å². The van der Waals surface area contributed by atoms with Crippen molar-refractivity contribution >= 4 is 27.7 Å². The van der Waals surface area contributed by atoms with Crippen LogP contribution in [0.4, 0.5) is 0 Å². The van der Waals surface area contributed by atoms with Gasteiger partial charge in [0.25, 0.3) is 0 Å². The molecule has 0 bridgehead atoms. The van der Waals surface area contributed by atoms with Crippen molar-refractivity contribution in [1.29, 1.82) is 0 Å². The van der Waals surface area contributed by atoms with Gasteiger partial charge in [0.15, 0.2) is 0 Å². The van der Waals surface area contributed by atoms with E-state index in [1.165, 1.54) is 0 Å². The van der Waals surface area contributed by atoms with Gasteiger partial charge in [0.1, 0.15) is 11.4 Å². The summed E-state index contributed by atoms with van der Waals surface area (Å²) < 4.78 is 0.981. The van der Waals surface area contributed by atoms with E-state index in [-0.39, 0.29) is 5.75 Å². The van der Waals surface area contributed by atoms with E-state index < -0.39 is 0 Å². The Labute approximate surface area is 138 Å². The molecular formula is C18H17BrN2O. The average molecular weight is 357 g/mol. The number of aromatic hydroxyl groups is 1. The maximum absolute atomic E-state index is 10.1. The Morgan fingerprint density at radius 1 is 1.23 bits per heavy atom. The van der Waals surface area contributed by atoms with Crippen molar-refractivity contribution < 1.29 is 5.11 Å². The van der Waals surface area contributed by atoms with Crippen LogP contribution >= 0.6 is 15.9 Å². The molecule has 0 aliphatic rings. The Morgan fingerprint density at radius 2 is 1.91 bits per heavy atom. The van der Waals surface area contributed by atoms with Gasteiger partial charge in [-0.3, -0.25) is 4.99 Å². The van der Waals surface area contributed by atoms with Gasteiger partial charge in [-0.15, -0.1) is 0 Å². The molecular weight excluding hydrogens is 340 g/mol. The molecule has 3 nitrogen and oxygen atoms in total. The average Bonchev–Trinajstić information content (AvgIpc) is 2.50. The first kappa shape index (κ1) is 16.2. The second kappa shape index (κ2) is 7.18. The van der Waals surface area contributed by atoms with Crippen LogP contribution < -0.4 is 0 Å². The number of pyridine rings is 1. The molecule has 0 fully saturated rings. The maximum Gasteiger partial charge on any atom is 0.141 e. The molecule has 0 aliphatic heterocycles. The van der Waals surface area contributed by atoms with E-state index in [1.54, 1.807) is 18.3 Å². The van der Waals surface area contributed by atoms with Crippen LogP contribution in [-0.2, 0) is 0 Å². The molecule has 1 aromatic carbocycles. The lowest BCUT2D eigenvalue weighted by atomic mass is 10.1. The summed E-state index contributed by atoms with van der Waals surface area (Å²) in [6.45, 7) is 7.51. The third-order valence-electron chi connectivity index (χ3n) is 3.02. The molecule has 0 aliphatic carbocycles. The van der Waals surface area contributed by atoms with Crippen molar-refractivity contribution in [3.05, 3.63) is 64.9 Å². The molecule has 1 heterocycles. The predicted molar refractivity (Wildman–Crippen MR) is 96.0 cm³/mol. The summed E-state index contributed by atoms with van der Waals surface area (Å²) in [6, 6.07) is 11.1. The first-order valence-electron chi connectivity index (χ1n) is 6.83. The standard InChI is InChI=1S/C18H17BrN2O/c1-4-13(11-20-12(2)3)16-9-10-17(22)18(21-16)14-5-7-15(19)8-6-14/h4-11,22H,2H2,1,3H3/b13-4+,20-11?. The SMILES string of the molecule is C=C(C)N=C/C(=C\C)c1ccc(O)c(-c2ccc(Br)cc2)n1. The van der Waals surface area contributed by atoms with Crippen molar-refractivity contribution in [1.82, 2.24) is 4.98 Å². The number of aliphatic imine (C=N–C) groups is 1.